The number of nitrogens with zero attached hydrogens (tertiary/aromatic N) is 2. The number of carbonyl (C=O) groups excluding carboxylic acids is 1. The molecule has 33 heavy (non-hydrogen) atoms. The Morgan fingerprint density at radius 2 is 1.73 bits per heavy atom. The minimum atomic E-state index is -3.65. The molecule has 3 heterocycles. The second-order valence-corrected chi connectivity index (χ2v) is 11.7. The highest BCUT2D eigenvalue weighted by Gasteiger charge is 2.39. The second kappa shape index (κ2) is 9.06. The van der Waals surface area contributed by atoms with Gasteiger partial charge in [-0.1, -0.05) is 25.3 Å². The summed E-state index contributed by atoms with van der Waals surface area (Å²) in [4.78, 5) is 24.8. The van der Waals surface area contributed by atoms with Crippen LogP contribution in [-0.4, -0.2) is 36.3 Å². The Balaban J connectivity index is 1.26. The van der Waals surface area contributed by atoms with Crippen LogP contribution in [0.1, 0.15) is 56.6 Å². The molecule has 0 spiro atoms. The summed E-state index contributed by atoms with van der Waals surface area (Å²) in [6, 6.07) is 11.8. The molecule has 176 valence electrons. The summed E-state index contributed by atoms with van der Waals surface area (Å²) < 4.78 is 30.1. The highest BCUT2D eigenvalue weighted by molar-refractivity contribution is 7.89. The summed E-state index contributed by atoms with van der Waals surface area (Å²) in [7, 11) is -3.65. The molecule has 1 aliphatic carbocycles. The van der Waals surface area contributed by atoms with Crippen LogP contribution in [0, 0.1) is 11.8 Å². The van der Waals surface area contributed by atoms with Crippen LogP contribution in [-0.2, 0) is 21.4 Å². The maximum atomic E-state index is 13.4. The van der Waals surface area contributed by atoms with Gasteiger partial charge in [0.2, 0.25) is 15.9 Å². The fraction of sp³-hybridized carbons (Fsp3) is 0.520. The molecule has 2 atom stereocenters. The molecule has 1 saturated carbocycles. The number of anilines is 1. The number of fused-ring (bicyclic) bond motifs is 4. The van der Waals surface area contributed by atoms with Crippen molar-refractivity contribution in [2.45, 2.75) is 62.3 Å². The van der Waals surface area contributed by atoms with Crippen molar-refractivity contribution < 1.29 is 13.2 Å². The van der Waals surface area contributed by atoms with E-state index in [0.717, 1.165) is 25.0 Å². The molecule has 2 fully saturated rings. The van der Waals surface area contributed by atoms with E-state index in [2.05, 4.69) is 5.32 Å². The van der Waals surface area contributed by atoms with Crippen molar-refractivity contribution in [1.29, 1.82) is 0 Å². The summed E-state index contributed by atoms with van der Waals surface area (Å²) >= 11 is 0. The van der Waals surface area contributed by atoms with E-state index in [1.54, 1.807) is 45.3 Å². The van der Waals surface area contributed by atoms with Crippen LogP contribution < -0.4 is 10.9 Å². The first-order valence-corrected chi connectivity index (χ1v) is 13.4. The zero-order chi connectivity index (χ0) is 23.0. The molecule has 1 aromatic carbocycles. The highest BCUT2D eigenvalue weighted by Crippen LogP contribution is 2.37. The van der Waals surface area contributed by atoms with Crippen molar-refractivity contribution in [3.63, 3.8) is 0 Å². The van der Waals surface area contributed by atoms with Gasteiger partial charge in [0.15, 0.2) is 0 Å². The van der Waals surface area contributed by atoms with Crippen LogP contribution in [0.5, 0.6) is 0 Å². The Labute approximate surface area is 194 Å². The van der Waals surface area contributed by atoms with Gasteiger partial charge in [-0.15, -0.1) is 0 Å². The van der Waals surface area contributed by atoms with Crippen LogP contribution in [0.3, 0.4) is 0 Å². The molecule has 2 bridgehead atoms. The first-order chi connectivity index (χ1) is 15.9. The van der Waals surface area contributed by atoms with E-state index >= 15 is 0 Å². The maximum Gasteiger partial charge on any atom is 0.250 e. The molecule has 5 rings (SSSR count). The molecular weight excluding hydrogens is 438 g/mol. The predicted octanol–water partition coefficient (Wildman–Crippen LogP) is 3.57. The largest absolute Gasteiger partial charge is 0.326 e. The fourth-order valence-electron chi connectivity index (χ4n) is 5.77. The number of pyridine rings is 1. The number of sulfonamides is 1. The third-order valence-electron chi connectivity index (χ3n) is 7.42. The molecule has 0 radical (unpaired) electrons. The Morgan fingerprint density at radius 3 is 2.48 bits per heavy atom. The number of benzene rings is 1. The Bertz CT molecular complexity index is 1180. The van der Waals surface area contributed by atoms with Gasteiger partial charge in [-0.25, -0.2) is 8.42 Å². The van der Waals surface area contributed by atoms with Gasteiger partial charge < -0.3 is 9.88 Å². The zero-order valence-electron chi connectivity index (χ0n) is 18.8. The summed E-state index contributed by atoms with van der Waals surface area (Å²) in [6.07, 6.45) is 7.32. The first-order valence-electron chi connectivity index (χ1n) is 12.0. The molecule has 3 aliphatic rings. The van der Waals surface area contributed by atoms with E-state index in [9.17, 15) is 18.0 Å². The number of rotatable bonds is 5. The van der Waals surface area contributed by atoms with Gasteiger partial charge >= 0.3 is 0 Å². The van der Waals surface area contributed by atoms with Crippen LogP contribution in [0.4, 0.5) is 5.69 Å². The van der Waals surface area contributed by atoms with Gasteiger partial charge in [0.25, 0.3) is 5.56 Å². The Morgan fingerprint density at radius 1 is 0.970 bits per heavy atom. The van der Waals surface area contributed by atoms with Gasteiger partial charge in [-0.05, 0) is 61.4 Å². The SMILES string of the molecule is O=C(CC1CCCCC1)Nc1ccc(S(=O)(=O)N2CC3CC(C2)c2cccc(=O)n2C3)cc1. The monoisotopic (exact) mass is 469 g/mol. The normalized spacial score (nSPS) is 23.6. The van der Waals surface area contributed by atoms with Crippen molar-refractivity contribution in [3.05, 3.63) is 58.5 Å². The zero-order valence-corrected chi connectivity index (χ0v) is 19.6. The van der Waals surface area contributed by atoms with Crippen molar-refractivity contribution in [1.82, 2.24) is 8.87 Å². The van der Waals surface area contributed by atoms with E-state index < -0.39 is 10.0 Å². The summed E-state index contributed by atoms with van der Waals surface area (Å²) in [5.41, 5.74) is 1.54. The Hall–Kier alpha value is -2.45. The average Bonchev–Trinajstić information content (AvgIpc) is 2.81. The van der Waals surface area contributed by atoms with Gasteiger partial charge in [0.05, 0.1) is 4.90 Å². The minimum Gasteiger partial charge on any atom is -0.326 e. The van der Waals surface area contributed by atoms with E-state index in [1.165, 1.54) is 19.3 Å². The molecule has 2 aliphatic heterocycles. The van der Waals surface area contributed by atoms with Crippen molar-refractivity contribution in [2.24, 2.45) is 11.8 Å². The van der Waals surface area contributed by atoms with Crippen LogP contribution >= 0.6 is 0 Å². The number of amides is 1. The van der Waals surface area contributed by atoms with E-state index in [-0.39, 0.29) is 28.2 Å². The van der Waals surface area contributed by atoms with Crippen molar-refractivity contribution in [2.75, 3.05) is 18.4 Å². The lowest BCUT2D eigenvalue weighted by molar-refractivity contribution is -0.117. The predicted molar refractivity (Wildman–Crippen MR) is 127 cm³/mol. The summed E-state index contributed by atoms with van der Waals surface area (Å²) in [6.45, 7) is 1.35. The van der Waals surface area contributed by atoms with Crippen LogP contribution in [0.2, 0.25) is 0 Å². The smallest absolute Gasteiger partial charge is 0.250 e. The standard InChI is InChI=1S/C25H31N3O4S/c29-24(14-18-5-2-1-3-6-18)26-21-9-11-22(12-10-21)33(31,32)27-15-19-13-20(17-27)23-7-4-8-25(30)28(23)16-19/h4,7-12,18-20H,1-3,5-6,13-17H2,(H,26,29). The molecular formula is C25H31N3O4S. The third kappa shape index (κ3) is 4.64. The van der Waals surface area contributed by atoms with Crippen molar-refractivity contribution in [3.8, 4) is 0 Å². The van der Waals surface area contributed by atoms with Gasteiger partial charge in [0, 0.05) is 49.4 Å². The van der Waals surface area contributed by atoms with Gasteiger partial charge in [-0.3, -0.25) is 9.59 Å². The molecule has 2 aromatic rings. The van der Waals surface area contributed by atoms with E-state index in [0.29, 0.717) is 37.7 Å². The van der Waals surface area contributed by atoms with E-state index in [1.807, 2.05) is 6.07 Å². The summed E-state index contributed by atoms with van der Waals surface area (Å²) in [5, 5.41) is 2.92. The quantitative estimate of drug-likeness (QED) is 0.725. The number of carbonyl (C=O) groups is 1. The lowest BCUT2D eigenvalue weighted by Gasteiger charge is -2.42. The van der Waals surface area contributed by atoms with Crippen LogP contribution in [0.15, 0.2) is 52.2 Å². The van der Waals surface area contributed by atoms with Gasteiger partial charge in [0.1, 0.15) is 0 Å². The maximum absolute atomic E-state index is 13.4. The van der Waals surface area contributed by atoms with Gasteiger partial charge in [-0.2, -0.15) is 4.31 Å². The first kappa shape index (κ1) is 22.3. The van der Waals surface area contributed by atoms with Crippen LogP contribution in [0.25, 0.3) is 0 Å². The Kier molecular flexibility index (Phi) is 6.14. The topological polar surface area (TPSA) is 88.5 Å². The molecule has 1 saturated heterocycles. The third-order valence-corrected chi connectivity index (χ3v) is 9.27. The molecule has 7 nitrogen and oxygen atoms in total. The number of hydrogen-bond acceptors (Lipinski definition) is 4. The second-order valence-electron chi connectivity index (χ2n) is 9.80. The lowest BCUT2D eigenvalue weighted by Crippen LogP contribution is -2.48. The molecule has 1 N–H and O–H groups in total. The summed E-state index contributed by atoms with van der Waals surface area (Å²) in [5.74, 6) is 0.609. The minimum absolute atomic E-state index is 0.00438. The number of aromatic nitrogens is 1. The van der Waals surface area contributed by atoms with Crippen molar-refractivity contribution >= 4 is 21.6 Å². The fourth-order valence-corrected chi connectivity index (χ4v) is 7.34. The lowest BCUT2D eigenvalue weighted by atomic mass is 9.84. The van der Waals surface area contributed by atoms with E-state index in [4.69, 9.17) is 0 Å². The number of piperidine rings is 1. The highest BCUT2D eigenvalue weighted by atomic mass is 32.2. The molecule has 1 amide bonds. The molecule has 1 aromatic heterocycles. The number of nitrogens with one attached hydrogen (secondary N) is 1. The average molecular weight is 470 g/mol. The molecule has 8 heteroatoms. The number of hydrogen-bond donors (Lipinski definition) is 1. The molecule has 2 unspecified atom stereocenters.